The molecule has 0 radical (unpaired) electrons. The van der Waals surface area contributed by atoms with Crippen LogP contribution >= 0.6 is 11.3 Å². The number of urea groups is 1. The van der Waals surface area contributed by atoms with Gasteiger partial charge in [0.15, 0.2) is 11.5 Å². The topological polar surface area (TPSA) is 80.3 Å². The molecule has 174 valence electrons. The molecule has 0 saturated carbocycles. The van der Waals surface area contributed by atoms with Gasteiger partial charge in [-0.05, 0) is 22.4 Å². The van der Waals surface area contributed by atoms with Crippen molar-refractivity contribution in [2.24, 2.45) is 0 Å². The van der Waals surface area contributed by atoms with Crippen LogP contribution in [0.3, 0.4) is 0 Å². The van der Waals surface area contributed by atoms with Crippen LogP contribution in [0, 0.1) is 0 Å². The number of nitrogens with zero attached hydrogens (tertiary/aromatic N) is 2. The second-order valence-electron chi connectivity index (χ2n) is 7.65. The lowest BCUT2D eigenvalue weighted by atomic mass is 10.1. The number of amides is 3. The van der Waals surface area contributed by atoms with Crippen molar-refractivity contribution in [3.8, 4) is 17.2 Å². The number of nitrogens with one attached hydrogen (secondary N) is 1. The monoisotopic (exact) mass is 469 g/mol. The van der Waals surface area contributed by atoms with Crippen LogP contribution in [0.25, 0.3) is 10.1 Å². The highest BCUT2D eigenvalue weighted by molar-refractivity contribution is 7.17. The quantitative estimate of drug-likeness (QED) is 0.593. The van der Waals surface area contributed by atoms with Gasteiger partial charge >= 0.3 is 6.03 Å². The third kappa shape index (κ3) is 4.83. The molecule has 0 aliphatic carbocycles. The normalized spacial score (nSPS) is 13.7. The zero-order valence-corrected chi connectivity index (χ0v) is 19.7. The Kier molecular flexibility index (Phi) is 6.88. The van der Waals surface area contributed by atoms with E-state index in [1.807, 2.05) is 17.0 Å². The van der Waals surface area contributed by atoms with Crippen molar-refractivity contribution in [1.29, 1.82) is 0 Å². The molecule has 2 heterocycles. The summed E-state index contributed by atoms with van der Waals surface area (Å²) in [6, 6.07) is 11.3. The molecular formula is C24H27N3O5S. The summed E-state index contributed by atoms with van der Waals surface area (Å²) in [5.74, 6) is 1.47. The predicted octanol–water partition coefficient (Wildman–Crippen LogP) is 3.85. The zero-order chi connectivity index (χ0) is 23.4. The van der Waals surface area contributed by atoms with Crippen LogP contribution < -0.4 is 19.5 Å². The first kappa shape index (κ1) is 22.7. The summed E-state index contributed by atoms with van der Waals surface area (Å²) in [6.45, 7) is 1.94. The van der Waals surface area contributed by atoms with E-state index in [4.69, 9.17) is 14.2 Å². The molecule has 0 bridgehead atoms. The second-order valence-corrected chi connectivity index (χ2v) is 8.56. The number of piperazine rings is 1. The van der Waals surface area contributed by atoms with Gasteiger partial charge < -0.3 is 29.3 Å². The minimum Gasteiger partial charge on any atom is -0.493 e. The van der Waals surface area contributed by atoms with Gasteiger partial charge in [0.2, 0.25) is 11.7 Å². The summed E-state index contributed by atoms with van der Waals surface area (Å²) in [5, 5.41) is 6.08. The van der Waals surface area contributed by atoms with Crippen LogP contribution in [-0.4, -0.2) is 69.2 Å². The van der Waals surface area contributed by atoms with Crippen molar-refractivity contribution < 1.29 is 23.8 Å². The number of ether oxygens (including phenoxy) is 3. The first-order valence-corrected chi connectivity index (χ1v) is 11.5. The highest BCUT2D eigenvalue weighted by atomic mass is 32.1. The standard InChI is InChI=1S/C24H27N3O5S/c1-30-19-13-17(14-20(31-2)23(19)32-3)25-24(29)27-10-8-26(9-11-27)22(28)12-16-15-33-21-7-5-4-6-18(16)21/h4-7,13-15H,8-12H2,1-3H3,(H,25,29). The number of anilines is 1. The SMILES string of the molecule is COc1cc(NC(=O)N2CCN(C(=O)Cc3csc4ccccc34)CC2)cc(OC)c1OC. The van der Waals surface area contributed by atoms with Gasteiger partial charge in [-0.2, -0.15) is 0 Å². The van der Waals surface area contributed by atoms with E-state index in [1.54, 1.807) is 28.4 Å². The molecule has 1 saturated heterocycles. The van der Waals surface area contributed by atoms with Gasteiger partial charge in [0.05, 0.1) is 33.4 Å². The van der Waals surface area contributed by atoms with Crippen molar-refractivity contribution in [2.45, 2.75) is 6.42 Å². The number of hydrogen-bond acceptors (Lipinski definition) is 6. The predicted molar refractivity (Wildman–Crippen MR) is 129 cm³/mol. The lowest BCUT2D eigenvalue weighted by Gasteiger charge is -2.34. The van der Waals surface area contributed by atoms with Gasteiger partial charge in [0.25, 0.3) is 0 Å². The minimum absolute atomic E-state index is 0.0863. The lowest BCUT2D eigenvalue weighted by Crippen LogP contribution is -2.52. The molecule has 3 amide bonds. The number of carbonyl (C=O) groups is 2. The van der Waals surface area contributed by atoms with Gasteiger partial charge in [0.1, 0.15) is 0 Å². The number of hydrogen-bond donors (Lipinski definition) is 1. The molecule has 2 aromatic carbocycles. The Morgan fingerprint density at radius 3 is 2.21 bits per heavy atom. The van der Waals surface area contributed by atoms with Crippen molar-refractivity contribution in [2.75, 3.05) is 52.8 Å². The molecular weight excluding hydrogens is 442 g/mol. The molecule has 1 aromatic heterocycles. The number of rotatable bonds is 6. The minimum atomic E-state index is -0.236. The third-order valence-corrected chi connectivity index (χ3v) is 6.75. The van der Waals surface area contributed by atoms with Gasteiger partial charge in [-0.1, -0.05) is 18.2 Å². The van der Waals surface area contributed by atoms with Crippen molar-refractivity contribution in [3.05, 3.63) is 47.3 Å². The van der Waals surface area contributed by atoms with Crippen LogP contribution in [0.4, 0.5) is 10.5 Å². The number of carbonyl (C=O) groups excluding carboxylic acids is 2. The van der Waals surface area contributed by atoms with Gasteiger partial charge in [-0.25, -0.2) is 4.79 Å². The maximum absolute atomic E-state index is 12.9. The van der Waals surface area contributed by atoms with E-state index in [9.17, 15) is 9.59 Å². The number of fused-ring (bicyclic) bond motifs is 1. The van der Waals surface area contributed by atoms with E-state index >= 15 is 0 Å². The summed E-state index contributed by atoms with van der Waals surface area (Å²) in [4.78, 5) is 29.2. The second kappa shape index (κ2) is 9.99. The number of methoxy groups -OCH3 is 3. The Morgan fingerprint density at radius 2 is 1.58 bits per heavy atom. The molecule has 3 aromatic rings. The fourth-order valence-electron chi connectivity index (χ4n) is 3.96. The first-order valence-electron chi connectivity index (χ1n) is 10.6. The van der Waals surface area contributed by atoms with Crippen LogP contribution in [0.1, 0.15) is 5.56 Å². The largest absolute Gasteiger partial charge is 0.493 e. The Balaban J connectivity index is 1.35. The van der Waals surface area contributed by atoms with E-state index in [1.165, 1.54) is 26.0 Å². The van der Waals surface area contributed by atoms with Gasteiger partial charge in [-0.15, -0.1) is 11.3 Å². The van der Waals surface area contributed by atoms with Gasteiger partial charge in [0, 0.05) is 43.0 Å². The van der Waals surface area contributed by atoms with Crippen molar-refractivity contribution in [3.63, 3.8) is 0 Å². The highest BCUT2D eigenvalue weighted by Gasteiger charge is 2.25. The number of benzene rings is 2. The van der Waals surface area contributed by atoms with Crippen LogP contribution in [-0.2, 0) is 11.2 Å². The highest BCUT2D eigenvalue weighted by Crippen LogP contribution is 2.40. The summed E-state index contributed by atoms with van der Waals surface area (Å²) in [5.41, 5.74) is 1.60. The fraction of sp³-hybridized carbons (Fsp3) is 0.333. The molecule has 33 heavy (non-hydrogen) atoms. The van der Waals surface area contributed by atoms with Crippen molar-refractivity contribution in [1.82, 2.24) is 9.80 Å². The van der Waals surface area contributed by atoms with Crippen LogP contribution in [0.2, 0.25) is 0 Å². The molecule has 1 aliphatic rings. The van der Waals surface area contributed by atoms with E-state index in [0.717, 1.165) is 10.9 Å². The third-order valence-electron chi connectivity index (χ3n) is 5.74. The summed E-state index contributed by atoms with van der Waals surface area (Å²) >= 11 is 1.66. The fourth-order valence-corrected chi connectivity index (χ4v) is 4.92. The Hall–Kier alpha value is -3.46. The molecule has 0 atom stereocenters. The van der Waals surface area contributed by atoms with E-state index < -0.39 is 0 Å². The molecule has 1 N–H and O–H groups in total. The molecule has 1 fully saturated rings. The average Bonchev–Trinajstić information content (AvgIpc) is 3.26. The van der Waals surface area contributed by atoms with Crippen molar-refractivity contribution >= 4 is 39.0 Å². The Morgan fingerprint density at radius 1 is 0.939 bits per heavy atom. The maximum Gasteiger partial charge on any atom is 0.321 e. The average molecular weight is 470 g/mol. The number of thiophene rings is 1. The van der Waals surface area contributed by atoms with Crippen LogP contribution in [0.15, 0.2) is 41.8 Å². The Bertz CT molecular complexity index is 1130. The summed E-state index contributed by atoms with van der Waals surface area (Å²) in [6.07, 6.45) is 0.377. The summed E-state index contributed by atoms with van der Waals surface area (Å²) in [7, 11) is 4.58. The summed E-state index contributed by atoms with van der Waals surface area (Å²) < 4.78 is 17.2. The van der Waals surface area contributed by atoms with E-state index in [-0.39, 0.29) is 11.9 Å². The Labute approximate surface area is 196 Å². The molecule has 9 heteroatoms. The smallest absolute Gasteiger partial charge is 0.321 e. The molecule has 0 unspecified atom stereocenters. The lowest BCUT2D eigenvalue weighted by molar-refractivity contribution is -0.131. The first-order chi connectivity index (χ1) is 16.0. The van der Waals surface area contributed by atoms with Crippen LogP contribution in [0.5, 0.6) is 17.2 Å². The molecule has 0 spiro atoms. The maximum atomic E-state index is 12.9. The zero-order valence-electron chi connectivity index (χ0n) is 18.9. The van der Waals surface area contributed by atoms with Gasteiger partial charge in [-0.3, -0.25) is 4.79 Å². The van der Waals surface area contributed by atoms with E-state index in [2.05, 4.69) is 22.8 Å². The molecule has 8 nitrogen and oxygen atoms in total. The molecule has 1 aliphatic heterocycles. The van der Waals surface area contributed by atoms with E-state index in [0.29, 0.717) is 55.5 Å². The molecule has 4 rings (SSSR count).